The molecule has 0 saturated heterocycles. The van der Waals surface area contributed by atoms with Gasteiger partial charge in [-0.3, -0.25) is 0 Å². The Balaban J connectivity index is 1.91. The first-order chi connectivity index (χ1) is 10.0. The summed E-state index contributed by atoms with van der Waals surface area (Å²) >= 11 is 3.35. The number of nitrogens with one attached hydrogen (secondary N) is 1. The molecule has 0 bridgehead atoms. The molecule has 1 aliphatic carbocycles. The van der Waals surface area contributed by atoms with E-state index in [9.17, 15) is 4.79 Å². The molecule has 0 aromatic carbocycles. The summed E-state index contributed by atoms with van der Waals surface area (Å²) in [5.74, 6) is 0.696. The lowest BCUT2D eigenvalue weighted by Gasteiger charge is -2.10. The fourth-order valence-corrected chi connectivity index (χ4v) is 2.09. The normalized spacial score (nSPS) is 14.1. The number of aromatic carboxylic acids is 1. The molecule has 1 saturated carbocycles. The van der Waals surface area contributed by atoms with Crippen molar-refractivity contribution in [1.82, 2.24) is 19.7 Å². The van der Waals surface area contributed by atoms with E-state index in [1.165, 1.54) is 29.9 Å². The van der Waals surface area contributed by atoms with Crippen LogP contribution in [-0.4, -0.2) is 37.4 Å². The first-order valence-electron chi connectivity index (χ1n) is 6.40. The van der Waals surface area contributed by atoms with Gasteiger partial charge in [0.2, 0.25) is 0 Å². The molecule has 4 N–H and O–H groups in total. The van der Waals surface area contributed by atoms with Gasteiger partial charge in [-0.05, 0) is 34.7 Å². The molecule has 0 atom stereocenters. The lowest BCUT2D eigenvalue weighted by molar-refractivity contribution is 0.0697. The lowest BCUT2D eigenvalue weighted by Crippen LogP contribution is -2.11. The first kappa shape index (κ1) is 13.8. The second kappa shape index (κ2) is 5.32. The van der Waals surface area contributed by atoms with Crippen LogP contribution in [0.1, 0.15) is 23.2 Å². The van der Waals surface area contributed by atoms with E-state index in [-0.39, 0.29) is 17.3 Å². The summed E-state index contributed by atoms with van der Waals surface area (Å²) in [6.07, 6.45) is 5.02. The maximum Gasteiger partial charge on any atom is 0.338 e. The van der Waals surface area contributed by atoms with Gasteiger partial charge in [0, 0.05) is 12.7 Å². The molecule has 0 radical (unpaired) electrons. The largest absolute Gasteiger partial charge is 0.478 e. The van der Waals surface area contributed by atoms with E-state index < -0.39 is 5.97 Å². The minimum atomic E-state index is -1.06. The number of nitrogen functional groups attached to an aromatic ring is 1. The quantitative estimate of drug-likeness (QED) is 0.746. The predicted molar refractivity (Wildman–Crippen MR) is 79.4 cm³/mol. The van der Waals surface area contributed by atoms with E-state index in [4.69, 9.17) is 10.8 Å². The van der Waals surface area contributed by atoms with Crippen molar-refractivity contribution in [3.05, 3.63) is 22.4 Å². The number of hydrogen-bond acceptors (Lipinski definition) is 6. The van der Waals surface area contributed by atoms with Gasteiger partial charge in [0.1, 0.15) is 16.1 Å². The highest BCUT2D eigenvalue weighted by Crippen LogP contribution is 2.31. The third-order valence-electron chi connectivity index (χ3n) is 3.15. The van der Waals surface area contributed by atoms with Gasteiger partial charge in [0.05, 0.1) is 11.8 Å². The van der Waals surface area contributed by atoms with Crippen LogP contribution in [0.3, 0.4) is 0 Å². The number of rotatable bonds is 5. The highest BCUT2D eigenvalue weighted by molar-refractivity contribution is 9.10. The Morgan fingerprint density at radius 3 is 2.90 bits per heavy atom. The topological polar surface area (TPSA) is 119 Å². The van der Waals surface area contributed by atoms with Crippen molar-refractivity contribution in [3.8, 4) is 5.95 Å². The Kier molecular flexibility index (Phi) is 3.50. The monoisotopic (exact) mass is 352 g/mol. The highest BCUT2D eigenvalue weighted by Gasteiger charge is 2.22. The molecule has 0 aliphatic heterocycles. The molecular formula is C12H13BrN6O2. The van der Waals surface area contributed by atoms with Gasteiger partial charge in [-0.25, -0.2) is 9.48 Å². The number of carboxylic acid groups (broad SMARTS) is 1. The highest BCUT2D eigenvalue weighted by atomic mass is 79.9. The summed E-state index contributed by atoms with van der Waals surface area (Å²) in [7, 11) is 0. The van der Waals surface area contributed by atoms with Gasteiger partial charge in [0.25, 0.3) is 5.95 Å². The zero-order chi connectivity index (χ0) is 15.0. The maximum atomic E-state index is 10.9. The molecule has 21 heavy (non-hydrogen) atoms. The van der Waals surface area contributed by atoms with Crippen molar-refractivity contribution in [1.29, 1.82) is 0 Å². The number of aromatic nitrogens is 4. The molecule has 3 rings (SSSR count). The summed E-state index contributed by atoms with van der Waals surface area (Å²) in [5, 5.41) is 16.1. The number of anilines is 2. The minimum Gasteiger partial charge on any atom is -0.478 e. The third-order valence-corrected chi connectivity index (χ3v) is 3.94. The molecule has 1 aliphatic rings. The number of halogens is 1. The molecule has 0 spiro atoms. The Hall–Kier alpha value is -2.16. The van der Waals surface area contributed by atoms with Gasteiger partial charge in [-0.2, -0.15) is 15.1 Å². The fourth-order valence-electron chi connectivity index (χ4n) is 1.78. The molecule has 2 heterocycles. The van der Waals surface area contributed by atoms with Crippen LogP contribution in [0.25, 0.3) is 5.95 Å². The average Bonchev–Trinajstić information content (AvgIpc) is 3.13. The predicted octanol–water partition coefficient (Wildman–Crippen LogP) is 1.53. The molecule has 2 aromatic rings. The zero-order valence-electron chi connectivity index (χ0n) is 11.0. The minimum absolute atomic E-state index is 0.0626. The van der Waals surface area contributed by atoms with Crippen molar-refractivity contribution in [3.63, 3.8) is 0 Å². The van der Waals surface area contributed by atoms with E-state index in [0.29, 0.717) is 16.2 Å². The molecule has 0 amide bonds. The van der Waals surface area contributed by atoms with Gasteiger partial charge in [0.15, 0.2) is 0 Å². The summed E-state index contributed by atoms with van der Waals surface area (Å²) in [4.78, 5) is 19.3. The second-order valence-electron chi connectivity index (χ2n) is 4.87. The molecular weight excluding hydrogens is 340 g/mol. The fraction of sp³-hybridized carbons (Fsp3) is 0.333. The maximum absolute atomic E-state index is 10.9. The second-order valence-corrected chi connectivity index (χ2v) is 5.67. The van der Waals surface area contributed by atoms with Gasteiger partial charge >= 0.3 is 5.97 Å². The zero-order valence-corrected chi connectivity index (χ0v) is 12.5. The Labute approximate surface area is 128 Å². The number of carboxylic acids is 1. The summed E-state index contributed by atoms with van der Waals surface area (Å²) in [6, 6.07) is 0. The SMILES string of the molecule is Nc1nc(-n2cc(C(=O)O)cn2)nc(NCC2CC2)c1Br. The van der Waals surface area contributed by atoms with Gasteiger partial charge in [-0.1, -0.05) is 0 Å². The Morgan fingerprint density at radius 1 is 1.52 bits per heavy atom. The van der Waals surface area contributed by atoms with Gasteiger partial charge in [-0.15, -0.1) is 0 Å². The smallest absolute Gasteiger partial charge is 0.338 e. The molecule has 1 fully saturated rings. The van der Waals surface area contributed by atoms with E-state index in [0.717, 1.165) is 6.54 Å². The van der Waals surface area contributed by atoms with E-state index in [1.807, 2.05) is 0 Å². The summed E-state index contributed by atoms with van der Waals surface area (Å²) in [6.45, 7) is 0.827. The number of nitrogens with two attached hydrogens (primary N) is 1. The standard InChI is InChI=1S/C12H13BrN6O2/c13-8-9(14)17-12(18-10(8)15-3-6-1-2-6)19-5-7(4-16-19)11(20)21/h4-6H,1-3H2,(H,20,21)(H3,14,15,17,18). The third kappa shape index (κ3) is 2.97. The molecule has 2 aromatic heterocycles. The molecule has 8 nitrogen and oxygen atoms in total. The van der Waals surface area contributed by atoms with E-state index in [2.05, 4.69) is 36.3 Å². The van der Waals surface area contributed by atoms with Crippen molar-refractivity contribution in [2.24, 2.45) is 5.92 Å². The van der Waals surface area contributed by atoms with Crippen molar-refractivity contribution in [2.45, 2.75) is 12.8 Å². The van der Waals surface area contributed by atoms with Crippen LogP contribution in [0.2, 0.25) is 0 Å². The Bertz CT molecular complexity index is 697. The van der Waals surface area contributed by atoms with Gasteiger partial charge < -0.3 is 16.2 Å². The van der Waals surface area contributed by atoms with Crippen LogP contribution in [0.5, 0.6) is 0 Å². The van der Waals surface area contributed by atoms with Crippen LogP contribution >= 0.6 is 15.9 Å². The van der Waals surface area contributed by atoms with E-state index >= 15 is 0 Å². The van der Waals surface area contributed by atoms with Crippen LogP contribution in [0.15, 0.2) is 16.9 Å². The molecule has 9 heteroatoms. The van der Waals surface area contributed by atoms with Crippen LogP contribution < -0.4 is 11.1 Å². The lowest BCUT2D eigenvalue weighted by atomic mass is 10.4. The molecule has 0 unspecified atom stereocenters. The van der Waals surface area contributed by atoms with Crippen molar-refractivity contribution < 1.29 is 9.90 Å². The average molecular weight is 353 g/mol. The first-order valence-corrected chi connectivity index (χ1v) is 7.19. The van der Waals surface area contributed by atoms with Crippen LogP contribution in [-0.2, 0) is 0 Å². The van der Waals surface area contributed by atoms with E-state index in [1.54, 1.807) is 0 Å². The van der Waals surface area contributed by atoms with Crippen LogP contribution in [0, 0.1) is 5.92 Å². The molecule has 110 valence electrons. The summed E-state index contributed by atoms with van der Waals surface area (Å²) in [5.41, 5.74) is 5.91. The van der Waals surface area contributed by atoms with Crippen LogP contribution in [0.4, 0.5) is 11.6 Å². The van der Waals surface area contributed by atoms with Crippen molar-refractivity contribution >= 4 is 33.5 Å². The van der Waals surface area contributed by atoms with Crippen molar-refractivity contribution in [2.75, 3.05) is 17.6 Å². The summed E-state index contributed by atoms with van der Waals surface area (Å²) < 4.78 is 1.88. The number of carbonyl (C=O) groups is 1. The number of nitrogens with zero attached hydrogens (tertiary/aromatic N) is 4. The number of hydrogen-bond donors (Lipinski definition) is 3. The Morgan fingerprint density at radius 2 is 2.29 bits per heavy atom.